The molecule has 0 unspecified atom stereocenters. The van der Waals surface area contributed by atoms with Gasteiger partial charge in [0.1, 0.15) is 0 Å². The number of thioether (sulfide) groups is 1. The van der Waals surface area contributed by atoms with E-state index in [9.17, 15) is 14.9 Å². The van der Waals surface area contributed by atoms with E-state index in [4.69, 9.17) is 23.8 Å². The molecule has 1 amide bonds. The number of anilines is 1. The minimum Gasteiger partial charge on any atom is -0.268 e. The molecule has 0 spiro atoms. The molecule has 0 radical (unpaired) electrons. The molecular weight excluding hydrogens is 484 g/mol. The molecule has 4 rings (SSSR count). The molecule has 1 heterocycles. The molecule has 32 heavy (non-hydrogen) atoms. The molecule has 0 saturated carbocycles. The molecule has 0 bridgehead atoms. The number of nitro benzene ring substituents is 1. The number of halogens is 1. The van der Waals surface area contributed by atoms with Crippen LogP contribution in [0.25, 0.3) is 6.08 Å². The summed E-state index contributed by atoms with van der Waals surface area (Å²) in [6.45, 7) is 2.01. The summed E-state index contributed by atoms with van der Waals surface area (Å²) >= 11 is 14.3. The molecule has 0 aromatic heterocycles. The molecule has 1 aliphatic rings. The van der Waals surface area contributed by atoms with Gasteiger partial charge in [-0.05, 0) is 48.9 Å². The van der Waals surface area contributed by atoms with Gasteiger partial charge in [0.2, 0.25) is 0 Å². The summed E-state index contributed by atoms with van der Waals surface area (Å²) in [5, 5.41) is 11.8. The number of rotatable bonds is 5. The van der Waals surface area contributed by atoms with Crippen LogP contribution in [-0.2, 0) is 4.79 Å². The Labute approximate surface area is 203 Å². The number of carbonyl (C=O) groups is 1. The molecular formula is C23H15ClN2O3S3. The van der Waals surface area contributed by atoms with Crippen LogP contribution in [0.15, 0.2) is 81.4 Å². The van der Waals surface area contributed by atoms with Crippen molar-refractivity contribution >= 4 is 75.0 Å². The Kier molecular flexibility index (Phi) is 6.66. The van der Waals surface area contributed by atoms with Gasteiger partial charge in [-0.3, -0.25) is 19.8 Å². The number of carbonyl (C=O) groups excluding carboxylic acids is 1. The lowest BCUT2D eigenvalue weighted by Gasteiger charge is -2.15. The summed E-state index contributed by atoms with van der Waals surface area (Å²) < 4.78 is 0.354. The zero-order chi connectivity index (χ0) is 22.8. The van der Waals surface area contributed by atoms with Gasteiger partial charge >= 0.3 is 0 Å². The number of amides is 1. The highest BCUT2D eigenvalue weighted by Gasteiger charge is 2.34. The van der Waals surface area contributed by atoms with E-state index in [1.165, 1.54) is 28.8 Å². The highest BCUT2D eigenvalue weighted by Crippen LogP contribution is 2.41. The van der Waals surface area contributed by atoms with E-state index < -0.39 is 4.92 Å². The van der Waals surface area contributed by atoms with Gasteiger partial charge in [0.05, 0.1) is 20.5 Å². The van der Waals surface area contributed by atoms with Gasteiger partial charge in [0.15, 0.2) is 4.32 Å². The third-order valence-electron chi connectivity index (χ3n) is 4.63. The van der Waals surface area contributed by atoms with Crippen molar-refractivity contribution in [3.8, 4) is 0 Å². The van der Waals surface area contributed by atoms with Crippen LogP contribution < -0.4 is 4.90 Å². The van der Waals surface area contributed by atoms with Crippen molar-refractivity contribution in [3.63, 3.8) is 0 Å². The average molecular weight is 499 g/mol. The highest BCUT2D eigenvalue weighted by atomic mass is 35.5. The van der Waals surface area contributed by atoms with Crippen LogP contribution in [0.2, 0.25) is 5.02 Å². The van der Waals surface area contributed by atoms with Crippen LogP contribution in [-0.4, -0.2) is 15.2 Å². The summed E-state index contributed by atoms with van der Waals surface area (Å²) in [6.07, 6.45) is 1.65. The second-order valence-electron chi connectivity index (χ2n) is 6.86. The number of hydrogen-bond donors (Lipinski definition) is 0. The maximum atomic E-state index is 13.1. The third kappa shape index (κ3) is 4.73. The number of aryl methyl sites for hydroxylation is 1. The normalized spacial score (nSPS) is 14.9. The second-order valence-corrected chi connectivity index (χ2v) is 10.1. The Bertz CT molecular complexity index is 1280. The Morgan fingerprint density at radius 2 is 1.84 bits per heavy atom. The largest absolute Gasteiger partial charge is 0.270 e. The number of nitrogens with zero attached hydrogens (tertiary/aromatic N) is 2. The fraction of sp³-hybridized carbons (Fsp3) is 0.0435. The number of hydrogen-bond acceptors (Lipinski definition) is 6. The minimum absolute atomic E-state index is 0.0499. The zero-order valence-electron chi connectivity index (χ0n) is 16.7. The van der Waals surface area contributed by atoms with E-state index in [2.05, 4.69) is 0 Å². The van der Waals surface area contributed by atoms with E-state index in [1.54, 1.807) is 36.4 Å². The van der Waals surface area contributed by atoms with Crippen molar-refractivity contribution < 1.29 is 9.72 Å². The van der Waals surface area contributed by atoms with Crippen LogP contribution in [0.4, 0.5) is 11.4 Å². The molecule has 5 nitrogen and oxygen atoms in total. The van der Waals surface area contributed by atoms with Gasteiger partial charge in [-0.1, -0.05) is 77.2 Å². The molecule has 1 aliphatic heterocycles. The summed E-state index contributed by atoms with van der Waals surface area (Å²) in [7, 11) is 0. The quantitative estimate of drug-likeness (QED) is 0.161. The Hall–Kier alpha value is -2.65. The van der Waals surface area contributed by atoms with E-state index >= 15 is 0 Å². The predicted molar refractivity (Wildman–Crippen MR) is 136 cm³/mol. The number of para-hydroxylation sites is 1. The molecule has 0 N–H and O–H groups in total. The second kappa shape index (κ2) is 9.46. The SMILES string of the molecule is Cc1ccc(Sc2ccc([N+](=O)[O-])cc2/C=C2/SC(=S)N(c3ccccc3Cl)C2=O)cc1. The first kappa shape index (κ1) is 22.5. The topological polar surface area (TPSA) is 63.5 Å². The van der Waals surface area contributed by atoms with E-state index in [-0.39, 0.29) is 11.6 Å². The maximum absolute atomic E-state index is 13.1. The smallest absolute Gasteiger partial charge is 0.268 e. The first-order valence-corrected chi connectivity index (χ1v) is 11.8. The Morgan fingerprint density at radius 3 is 2.53 bits per heavy atom. The first-order chi connectivity index (χ1) is 15.3. The van der Waals surface area contributed by atoms with Crippen LogP contribution in [0, 0.1) is 17.0 Å². The molecule has 0 aliphatic carbocycles. The van der Waals surface area contributed by atoms with Crippen molar-refractivity contribution in [3.05, 3.63) is 97.9 Å². The lowest BCUT2D eigenvalue weighted by atomic mass is 10.2. The zero-order valence-corrected chi connectivity index (χ0v) is 19.9. The maximum Gasteiger partial charge on any atom is 0.270 e. The number of non-ortho nitro benzene ring substituents is 1. The van der Waals surface area contributed by atoms with E-state index in [1.807, 2.05) is 31.2 Å². The number of nitro groups is 1. The van der Waals surface area contributed by atoms with E-state index in [0.717, 1.165) is 27.1 Å². The van der Waals surface area contributed by atoms with Crippen LogP contribution in [0.1, 0.15) is 11.1 Å². The van der Waals surface area contributed by atoms with Crippen molar-refractivity contribution in [2.75, 3.05) is 4.90 Å². The summed E-state index contributed by atoms with van der Waals surface area (Å²) in [5.41, 5.74) is 2.17. The van der Waals surface area contributed by atoms with Gasteiger partial charge in [0.25, 0.3) is 11.6 Å². The fourth-order valence-electron chi connectivity index (χ4n) is 3.04. The van der Waals surface area contributed by atoms with Gasteiger partial charge in [-0.25, -0.2) is 0 Å². The van der Waals surface area contributed by atoms with Gasteiger partial charge in [0, 0.05) is 21.9 Å². The molecule has 1 saturated heterocycles. The van der Waals surface area contributed by atoms with E-state index in [0.29, 0.717) is 25.5 Å². The monoisotopic (exact) mass is 498 g/mol. The fourth-order valence-corrected chi connectivity index (χ4v) is 5.43. The average Bonchev–Trinajstić information content (AvgIpc) is 3.04. The summed E-state index contributed by atoms with van der Waals surface area (Å²) in [4.78, 5) is 27.6. The highest BCUT2D eigenvalue weighted by molar-refractivity contribution is 8.27. The van der Waals surface area contributed by atoms with Crippen LogP contribution in [0.3, 0.4) is 0 Å². The standard InChI is InChI=1S/C23H15ClN2O3S3/c1-14-6-9-17(10-7-14)31-20-11-8-16(26(28)29)12-15(20)13-21-22(27)25(23(30)32-21)19-5-3-2-4-18(19)24/h2-13H,1H3/b21-13+. The Morgan fingerprint density at radius 1 is 1.12 bits per heavy atom. The van der Waals surface area contributed by atoms with Crippen molar-refractivity contribution in [2.45, 2.75) is 16.7 Å². The van der Waals surface area contributed by atoms with Gasteiger partial charge in [-0.2, -0.15) is 0 Å². The van der Waals surface area contributed by atoms with Gasteiger partial charge < -0.3 is 0 Å². The van der Waals surface area contributed by atoms with Gasteiger partial charge in [-0.15, -0.1) is 0 Å². The lowest BCUT2D eigenvalue weighted by Crippen LogP contribution is -2.27. The molecule has 3 aromatic carbocycles. The minimum atomic E-state index is -0.452. The van der Waals surface area contributed by atoms with Crippen molar-refractivity contribution in [1.82, 2.24) is 0 Å². The first-order valence-electron chi connectivity index (χ1n) is 9.39. The molecule has 3 aromatic rings. The number of benzene rings is 3. The molecule has 1 fully saturated rings. The molecule has 0 atom stereocenters. The molecule has 160 valence electrons. The van der Waals surface area contributed by atoms with Crippen LogP contribution in [0.5, 0.6) is 0 Å². The predicted octanol–water partition coefficient (Wildman–Crippen LogP) is 7.11. The number of thiocarbonyl (C=S) groups is 1. The summed E-state index contributed by atoms with van der Waals surface area (Å²) in [6, 6.07) is 19.6. The molecule has 9 heteroatoms. The van der Waals surface area contributed by atoms with Crippen molar-refractivity contribution in [2.24, 2.45) is 0 Å². The van der Waals surface area contributed by atoms with Crippen LogP contribution >= 0.6 is 47.3 Å². The summed E-state index contributed by atoms with van der Waals surface area (Å²) in [5.74, 6) is -0.314. The lowest BCUT2D eigenvalue weighted by molar-refractivity contribution is -0.384. The third-order valence-corrected chi connectivity index (χ3v) is 7.35. The Balaban J connectivity index is 1.73. The van der Waals surface area contributed by atoms with Crippen molar-refractivity contribution in [1.29, 1.82) is 0 Å².